The van der Waals surface area contributed by atoms with E-state index in [-0.39, 0.29) is 22.8 Å². The molecule has 0 atom stereocenters. The summed E-state index contributed by atoms with van der Waals surface area (Å²) < 4.78 is 40.5. The summed E-state index contributed by atoms with van der Waals surface area (Å²) in [5.41, 5.74) is -0.370. The standard InChI is InChI=1S/C14H10F3N3O4/c15-14(16,17)8-24-12-6-5-9(7-18-12)19-13(21)10-3-1-2-4-11(10)20(22)23/h1-7H,8H2,(H,19,21). The monoisotopic (exact) mass is 341 g/mol. The molecule has 0 spiro atoms. The molecule has 1 aromatic heterocycles. The molecule has 2 aromatic rings. The van der Waals surface area contributed by atoms with E-state index < -0.39 is 23.6 Å². The number of ether oxygens (including phenoxy) is 1. The lowest BCUT2D eigenvalue weighted by molar-refractivity contribution is -0.385. The second-order valence-corrected chi connectivity index (χ2v) is 4.52. The summed E-state index contributed by atoms with van der Waals surface area (Å²) in [4.78, 5) is 25.9. The Morgan fingerprint density at radius 1 is 1.25 bits per heavy atom. The van der Waals surface area contributed by atoms with Crippen molar-refractivity contribution in [1.82, 2.24) is 4.98 Å². The minimum absolute atomic E-state index is 0.150. The van der Waals surface area contributed by atoms with Gasteiger partial charge in [0.2, 0.25) is 5.88 Å². The maximum atomic E-state index is 12.1. The van der Waals surface area contributed by atoms with E-state index in [0.29, 0.717) is 0 Å². The normalized spacial score (nSPS) is 11.0. The van der Waals surface area contributed by atoms with Gasteiger partial charge in [0.15, 0.2) is 6.61 Å². The first-order valence-electron chi connectivity index (χ1n) is 6.46. The molecule has 0 saturated carbocycles. The lowest BCUT2D eigenvalue weighted by Gasteiger charge is -2.09. The number of pyridine rings is 1. The fourth-order valence-electron chi connectivity index (χ4n) is 1.72. The fourth-order valence-corrected chi connectivity index (χ4v) is 1.72. The lowest BCUT2D eigenvalue weighted by atomic mass is 10.1. The summed E-state index contributed by atoms with van der Waals surface area (Å²) in [5.74, 6) is -1.01. The number of para-hydroxylation sites is 1. The third-order valence-electron chi connectivity index (χ3n) is 2.72. The van der Waals surface area contributed by atoms with Gasteiger partial charge in [-0.05, 0) is 12.1 Å². The van der Waals surface area contributed by atoms with E-state index in [0.717, 1.165) is 12.3 Å². The molecular weight excluding hydrogens is 331 g/mol. The summed E-state index contributed by atoms with van der Waals surface area (Å²) in [5, 5.41) is 13.3. The second-order valence-electron chi connectivity index (χ2n) is 4.52. The van der Waals surface area contributed by atoms with Crippen LogP contribution in [0.2, 0.25) is 0 Å². The smallest absolute Gasteiger partial charge is 0.422 e. The van der Waals surface area contributed by atoms with E-state index in [1.165, 1.54) is 30.3 Å². The zero-order valence-corrected chi connectivity index (χ0v) is 11.9. The van der Waals surface area contributed by atoms with Crippen molar-refractivity contribution >= 4 is 17.3 Å². The predicted octanol–water partition coefficient (Wildman–Crippen LogP) is 3.18. The number of anilines is 1. The highest BCUT2D eigenvalue weighted by molar-refractivity contribution is 6.06. The van der Waals surface area contributed by atoms with Crippen LogP contribution in [-0.2, 0) is 0 Å². The molecule has 10 heteroatoms. The van der Waals surface area contributed by atoms with Crippen LogP contribution in [0, 0.1) is 10.1 Å². The molecule has 0 aliphatic heterocycles. The van der Waals surface area contributed by atoms with Crippen molar-refractivity contribution in [3.63, 3.8) is 0 Å². The predicted molar refractivity (Wildman–Crippen MR) is 76.8 cm³/mol. The number of carbonyl (C=O) groups excluding carboxylic acids is 1. The Bertz CT molecular complexity index is 748. The highest BCUT2D eigenvalue weighted by atomic mass is 19.4. The van der Waals surface area contributed by atoms with Crippen LogP contribution >= 0.6 is 0 Å². The van der Waals surface area contributed by atoms with Gasteiger partial charge in [-0.2, -0.15) is 13.2 Å². The van der Waals surface area contributed by atoms with Gasteiger partial charge < -0.3 is 10.1 Å². The number of nitrogens with one attached hydrogen (secondary N) is 1. The van der Waals surface area contributed by atoms with E-state index in [4.69, 9.17) is 0 Å². The highest BCUT2D eigenvalue weighted by Crippen LogP contribution is 2.21. The van der Waals surface area contributed by atoms with E-state index in [1.807, 2.05) is 0 Å². The van der Waals surface area contributed by atoms with E-state index in [2.05, 4.69) is 15.0 Å². The van der Waals surface area contributed by atoms with Crippen molar-refractivity contribution in [2.45, 2.75) is 6.18 Å². The van der Waals surface area contributed by atoms with Gasteiger partial charge in [-0.25, -0.2) is 4.98 Å². The minimum atomic E-state index is -4.49. The molecule has 2 rings (SSSR count). The van der Waals surface area contributed by atoms with Crippen LogP contribution in [0.5, 0.6) is 5.88 Å². The Morgan fingerprint density at radius 3 is 2.54 bits per heavy atom. The number of nitro groups is 1. The molecule has 0 unspecified atom stereocenters. The van der Waals surface area contributed by atoms with Crippen molar-refractivity contribution in [1.29, 1.82) is 0 Å². The Hall–Kier alpha value is -3.17. The fraction of sp³-hybridized carbons (Fsp3) is 0.143. The SMILES string of the molecule is O=C(Nc1ccc(OCC(F)(F)F)nc1)c1ccccc1[N+](=O)[O-]. The molecule has 0 radical (unpaired) electrons. The number of carbonyl (C=O) groups is 1. The van der Waals surface area contributed by atoms with Gasteiger partial charge in [0.1, 0.15) is 5.56 Å². The zero-order chi connectivity index (χ0) is 17.7. The van der Waals surface area contributed by atoms with Gasteiger partial charge in [0, 0.05) is 12.1 Å². The first-order chi connectivity index (χ1) is 11.3. The number of nitro benzene ring substituents is 1. The number of hydrogen-bond acceptors (Lipinski definition) is 5. The van der Waals surface area contributed by atoms with Gasteiger partial charge in [-0.1, -0.05) is 12.1 Å². The molecule has 1 heterocycles. The summed E-state index contributed by atoms with van der Waals surface area (Å²) >= 11 is 0. The molecule has 0 bridgehead atoms. The van der Waals surface area contributed by atoms with Crippen molar-refractivity contribution in [2.24, 2.45) is 0 Å². The molecule has 7 nitrogen and oxygen atoms in total. The number of alkyl halides is 3. The Kier molecular flexibility index (Phi) is 4.97. The van der Waals surface area contributed by atoms with E-state index in [9.17, 15) is 28.1 Å². The Labute approximate surface area is 133 Å². The van der Waals surface area contributed by atoms with Crippen LogP contribution in [0.4, 0.5) is 24.5 Å². The second kappa shape index (κ2) is 6.94. The van der Waals surface area contributed by atoms with Crippen LogP contribution in [-0.4, -0.2) is 28.6 Å². The summed E-state index contributed by atoms with van der Waals surface area (Å²) in [6.45, 7) is -1.48. The van der Waals surface area contributed by atoms with Crippen LogP contribution in [0.15, 0.2) is 42.6 Å². The Balaban J connectivity index is 2.06. The number of rotatable bonds is 5. The van der Waals surface area contributed by atoms with Gasteiger partial charge >= 0.3 is 6.18 Å². The summed E-state index contributed by atoms with van der Waals surface area (Å²) in [6.07, 6.45) is -3.40. The number of nitrogens with zero attached hydrogens (tertiary/aromatic N) is 2. The number of halogens is 3. The third kappa shape index (κ3) is 4.66. The molecule has 0 aliphatic rings. The molecule has 0 fully saturated rings. The van der Waals surface area contributed by atoms with Crippen LogP contribution in [0.3, 0.4) is 0 Å². The average Bonchev–Trinajstić information content (AvgIpc) is 2.53. The first-order valence-corrected chi connectivity index (χ1v) is 6.46. The van der Waals surface area contributed by atoms with Crippen LogP contribution in [0.25, 0.3) is 0 Å². The Morgan fingerprint density at radius 2 is 1.96 bits per heavy atom. The largest absolute Gasteiger partial charge is 0.468 e. The lowest BCUT2D eigenvalue weighted by Crippen LogP contribution is -2.19. The quantitative estimate of drug-likeness (QED) is 0.666. The van der Waals surface area contributed by atoms with Crippen LogP contribution in [0.1, 0.15) is 10.4 Å². The first kappa shape index (κ1) is 17.2. The van der Waals surface area contributed by atoms with Crippen molar-refractivity contribution in [3.8, 4) is 5.88 Å². The van der Waals surface area contributed by atoms with Crippen molar-refractivity contribution in [3.05, 3.63) is 58.3 Å². The van der Waals surface area contributed by atoms with Gasteiger partial charge in [0.05, 0.1) is 16.8 Å². The topological polar surface area (TPSA) is 94.4 Å². The van der Waals surface area contributed by atoms with Crippen molar-refractivity contribution in [2.75, 3.05) is 11.9 Å². The maximum absolute atomic E-state index is 12.1. The molecule has 24 heavy (non-hydrogen) atoms. The molecule has 0 aliphatic carbocycles. The average molecular weight is 341 g/mol. The summed E-state index contributed by atoms with van der Waals surface area (Å²) in [6, 6.07) is 7.76. The molecular formula is C14H10F3N3O4. The summed E-state index contributed by atoms with van der Waals surface area (Å²) in [7, 11) is 0. The zero-order valence-electron chi connectivity index (χ0n) is 11.9. The molecule has 126 valence electrons. The molecule has 1 amide bonds. The number of benzene rings is 1. The van der Waals surface area contributed by atoms with Gasteiger partial charge in [-0.3, -0.25) is 14.9 Å². The number of hydrogen-bond donors (Lipinski definition) is 1. The molecule has 1 aromatic carbocycles. The van der Waals surface area contributed by atoms with E-state index in [1.54, 1.807) is 0 Å². The van der Waals surface area contributed by atoms with Gasteiger partial charge in [-0.15, -0.1) is 0 Å². The van der Waals surface area contributed by atoms with Crippen LogP contribution < -0.4 is 10.1 Å². The van der Waals surface area contributed by atoms with Gasteiger partial charge in [0.25, 0.3) is 11.6 Å². The minimum Gasteiger partial charge on any atom is -0.468 e. The number of amides is 1. The highest BCUT2D eigenvalue weighted by Gasteiger charge is 2.28. The number of aromatic nitrogens is 1. The molecule has 0 saturated heterocycles. The van der Waals surface area contributed by atoms with E-state index >= 15 is 0 Å². The third-order valence-corrected chi connectivity index (χ3v) is 2.72. The van der Waals surface area contributed by atoms with Crippen molar-refractivity contribution < 1.29 is 27.6 Å². The maximum Gasteiger partial charge on any atom is 0.422 e. The molecule has 1 N–H and O–H groups in total.